The molecule has 0 fully saturated rings. The van der Waals surface area contributed by atoms with Gasteiger partial charge >= 0.3 is 0 Å². The zero-order valence-corrected chi connectivity index (χ0v) is 12.7. The summed E-state index contributed by atoms with van der Waals surface area (Å²) in [5.74, 6) is 1.33. The summed E-state index contributed by atoms with van der Waals surface area (Å²) < 4.78 is 0. The predicted octanol–water partition coefficient (Wildman–Crippen LogP) is 5.33. The standard InChI is InChI=1S/C16H26O2S/c1-2-3-4-5-6-7-8-9-10-19-16-12-14(17)11-15(18)13-16/h11-13,17-18H,2-10H2,1H3. The Labute approximate surface area is 121 Å². The number of rotatable bonds is 10. The third-order valence-corrected chi connectivity index (χ3v) is 4.20. The van der Waals surface area contributed by atoms with Crippen LogP contribution in [0.15, 0.2) is 23.1 Å². The molecule has 0 unspecified atom stereocenters. The van der Waals surface area contributed by atoms with Gasteiger partial charge in [0, 0.05) is 11.0 Å². The smallest absolute Gasteiger partial charge is 0.120 e. The molecule has 0 aromatic heterocycles. The highest BCUT2D eigenvalue weighted by Crippen LogP contribution is 2.28. The average Bonchev–Trinajstić information content (AvgIpc) is 2.36. The molecule has 1 aromatic rings. The van der Waals surface area contributed by atoms with Gasteiger partial charge in [0.15, 0.2) is 0 Å². The molecule has 3 heteroatoms. The van der Waals surface area contributed by atoms with Crippen molar-refractivity contribution >= 4 is 11.8 Å². The molecule has 2 N–H and O–H groups in total. The highest BCUT2D eigenvalue weighted by atomic mass is 32.2. The molecule has 0 saturated heterocycles. The van der Waals surface area contributed by atoms with Gasteiger partial charge in [-0.25, -0.2) is 0 Å². The molecule has 0 bridgehead atoms. The minimum Gasteiger partial charge on any atom is -0.508 e. The molecule has 0 aliphatic heterocycles. The lowest BCUT2D eigenvalue weighted by Gasteiger charge is -2.04. The number of hydrogen-bond donors (Lipinski definition) is 2. The van der Waals surface area contributed by atoms with Crippen molar-refractivity contribution in [2.45, 2.75) is 63.2 Å². The maximum absolute atomic E-state index is 9.36. The van der Waals surface area contributed by atoms with Crippen LogP contribution in [0.3, 0.4) is 0 Å². The van der Waals surface area contributed by atoms with E-state index in [0.717, 1.165) is 10.6 Å². The van der Waals surface area contributed by atoms with Crippen LogP contribution in [0.25, 0.3) is 0 Å². The first-order valence-electron chi connectivity index (χ1n) is 7.38. The van der Waals surface area contributed by atoms with Gasteiger partial charge in [-0.05, 0) is 24.3 Å². The molecule has 1 rings (SSSR count). The summed E-state index contributed by atoms with van der Waals surface area (Å²) in [5.41, 5.74) is 0. The molecule has 2 nitrogen and oxygen atoms in total. The summed E-state index contributed by atoms with van der Waals surface area (Å²) in [7, 11) is 0. The lowest BCUT2D eigenvalue weighted by atomic mass is 10.1. The largest absolute Gasteiger partial charge is 0.508 e. The zero-order chi connectivity index (χ0) is 13.9. The maximum atomic E-state index is 9.36. The second-order valence-corrected chi connectivity index (χ2v) is 6.18. The van der Waals surface area contributed by atoms with Crippen molar-refractivity contribution in [3.8, 4) is 11.5 Å². The van der Waals surface area contributed by atoms with Crippen molar-refractivity contribution in [3.05, 3.63) is 18.2 Å². The van der Waals surface area contributed by atoms with Crippen molar-refractivity contribution in [1.82, 2.24) is 0 Å². The number of aromatic hydroxyl groups is 2. The lowest BCUT2D eigenvalue weighted by Crippen LogP contribution is -1.83. The average molecular weight is 282 g/mol. The van der Waals surface area contributed by atoms with E-state index in [-0.39, 0.29) is 11.5 Å². The van der Waals surface area contributed by atoms with E-state index in [4.69, 9.17) is 0 Å². The van der Waals surface area contributed by atoms with E-state index < -0.39 is 0 Å². The third kappa shape index (κ3) is 8.04. The van der Waals surface area contributed by atoms with Crippen molar-refractivity contribution < 1.29 is 10.2 Å². The van der Waals surface area contributed by atoms with Crippen LogP contribution in [-0.2, 0) is 0 Å². The van der Waals surface area contributed by atoms with Gasteiger partial charge in [-0.15, -0.1) is 11.8 Å². The first-order chi connectivity index (χ1) is 9.22. The summed E-state index contributed by atoms with van der Waals surface area (Å²) in [5, 5.41) is 18.7. The van der Waals surface area contributed by atoms with E-state index in [0.29, 0.717) is 0 Å². The molecule has 0 atom stereocenters. The Bertz CT molecular complexity index is 332. The number of benzene rings is 1. The fourth-order valence-electron chi connectivity index (χ4n) is 2.08. The molecule has 19 heavy (non-hydrogen) atoms. The van der Waals surface area contributed by atoms with Crippen molar-refractivity contribution in [2.75, 3.05) is 5.75 Å². The fourth-order valence-corrected chi connectivity index (χ4v) is 3.07. The van der Waals surface area contributed by atoms with E-state index in [1.165, 1.54) is 57.4 Å². The van der Waals surface area contributed by atoms with Crippen LogP contribution in [0.5, 0.6) is 11.5 Å². The van der Waals surface area contributed by atoms with Gasteiger partial charge in [0.25, 0.3) is 0 Å². The van der Waals surface area contributed by atoms with Gasteiger partial charge in [0.1, 0.15) is 11.5 Å². The molecule has 0 radical (unpaired) electrons. The fraction of sp³-hybridized carbons (Fsp3) is 0.625. The highest BCUT2D eigenvalue weighted by Gasteiger charge is 2.00. The lowest BCUT2D eigenvalue weighted by molar-refractivity contribution is 0.448. The number of thioether (sulfide) groups is 1. The molecule has 0 amide bonds. The molecule has 0 aliphatic carbocycles. The van der Waals surface area contributed by atoms with Crippen LogP contribution < -0.4 is 0 Å². The number of phenols is 2. The zero-order valence-electron chi connectivity index (χ0n) is 11.9. The molecule has 0 heterocycles. The quantitative estimate of drug-likeness (QED) is 0.450. The second-order valence-electron chi connectivity index (χ2n) is 5.01. The summed E-state index contributed by atoms with van der Waals surface area (Å²) in [4.78, 5) is 0.945. The highest BCUT2D eigenvalue weighted by molar-refractivity contribution is 7.99. The van der Waals surface area contributed by atoms with Crippen molar-refractivity contribution in [3.63, 3.8) is 0 Å². The van der Waals surface area contributed by atoms with E-state index in [9.17, 15) is 10.2 Å². The second kappa shape index (κ2) is 10.0. The van der Waals surface area contributed by atoms with E-state index >= 15 is 0 Å². The van der Waals surface area contributed by atoms with Crippen LogP contribution in [0.1, 0.15) is 58.3 Å². The Morgan fingerprint density at radius 2 is 1.32 bits per heavy atom. The van der Waals surface area contributed by atoms with Gasteiger partial charge in [-0.3, -0.25) is 0 Å². The Hall–Kier alpha value is -0.830. The maximum Gasteiger partial charge on any atom is 0.120 e. The van der Waals surface area contributed by atoms with Gasteiger partial charge < -0.3 is 10.2 Å². The SMILES string of the molecule is CCCCCCCCCCSc1cc(O)cc(O)c1. The summed E-state index contributed by atoms with van der Waals surface area (Å²) in [6, 6.07) is 4.77. The number of phenolic OH excluding ortho intramolecular Hbond substituents is 2. The van der Waals surface area contributed by atoms with E-state index in [2.05, 4.69) is 6.92 Å². The molecular weight excluding hydrogens is 256 g/mol. The summed E-state index contributed by atoms with van der Waals surface area (Å²) >= 11 is 1.70. The molecule has 108 valence electrons. The predicted molar refractivity (Wildman–Crippen MR) is 83.1 cm³/mol. The minimum absolute atomic E-state index is 0.137. The topological polar surface area (TPSA) is 40.5 Å². The summed E-state index contributed by atoms with van der Waals surface area (Å²) in [6.07, 6.45) is 10.6. The summed E-state index contributed by atoms with van der Waals surface area (Å²) in [6.45, 7) is 2.25. The van der Waals surface area contributed by atoms with Crippen LogP contribution in [0.4, 0.5) is 0 Å². The first kappa shape index (κ1) is 16.2. The number of hydrogen-bond acceptors (Lipinski definition) is 3. The number of unbranched alkanes of at least 4 members (excludes halogenated alkanes) is 7. The Kier molecular flexibility index (Phi) is 8.55. The van der Waals surface area contributed by atoms with E-state index in [1.807, 2.05) is 0 Å². The molecule has 1 aromatic carbocycles. The van der Waals surface area contributed by atoms with Gasteiger partial charge in [0.05, 0.1) is 0 Å². The first-order valence-corrected chi connectivity index (χ1v) is 8.36. The molecule has 0 saturated carbocycles. The minimum atomic E-state index is 0.137. The Morgan fingerprint density at radius 3 is 1.89 bits per heavy atom. The van der Waals surface area contributed by atoms with Gasteiger partial charge in [-0.2, -0.15) is 0 Å². The van der Waals surface area contributed by atoms with Crippen LogP contribution >= 0.6 is 11.8 Å². The van der Waals surface area contributed by atoms with Crippen molar-refractivity contribution in [2.24, 2.45) is 0 Å². The molecular formula is C16H26O2S. The van der Waals surface area contributed by atoms with Gasteiger partial charge in [0.2, 0.25) is 0 Å². The molecule has 0 aliphatic rings. The Balaban J connectivity index is 2.01. The van der Waals surface area contributed by atoms with Crippen LogP contribution in [0.2, 0.25) is 0 Å². The van der Waals surface area contributed by atoms with Gasteiger partial charge in [-0.1, -0.05) is 51.9 Å². The monoisotopic (exact) mass is 282 g/mol. The van der Waals surface area contributed by atoms with Crippen molar-refractivity contribution in [1.29, 1.82) is 0 Å². The third-order valence-electron chi connectivity index (χ3n) is 3.14. The Morgan fingerprint density at radius 1 is 0.789 bits per heavy atom. The normalized spacial score (nSPS) is 10.8. The van der Waals surface area contributed by atoms with E-state index in [1.54, 1.807) is 23.9 Å². The van der Waals surface area contributed by atoms with Crippen LogP contribution in [0, 0.1) is 0 Å². The van der Waals surface area contributed by atoms with Crippen LogP contribution in [-0.4, -0.2) is 16.0 Å². The molecule has 0 spiro atoms.